The molecule has 0 amide bonds. The summed E-state index contributed by atoms with van der Waals surface area (Å²) in [6.07, 6.45) is -0.269. The molecular weight excluding hydrogens is 324 g/mol. The lowest BCUT2D eigenvalue weighted by Crippen LogP contribution is -2.30. The molecule has 118 valence electrons. The van der Waals surface area contributed by atoms with Gasteiger partial charge in [0.25, 0.3) is 0 Å². The summed E-state index contributed by atoms with van der Waals surface area (Å²) in [7, 11) is 0. The number of hydrogen-bond donors (Lipinski definition) is 2. The van der Waals surface area contributed by atoms with E-state index in [0.29, 0.717) is 5.25 Å². The van der Waals surface area contributed by atoms with Gasteiger partial charge in [-0.15, -0.1) is 23.1 Å². The van der Waals surface area contributed by atoms with E-state index in [1.807, 2.05) is 11.8 Å². The second kappa shape index (κ2) is 6.66. The Morgan fingerprint density at radius 1 is 1.32 bits per heavy atom. The van der Waals surface area contributed by atoms with Crippen LogP contribution in [0.2, 0.25) is 0 Å². The first-order valence-corrected chi connectivity index (χ1v) is 8.91. The predicted molar refractivity (Wildman–Crippen MR) is 86.3 cm³/mol. The van der Waals surface area contributed by atoms with Crippen LogP contribution < -0.4 is 5.32 Å². The molecule has 0 spiro atoms. The quantitative estimate of drug-likeness (QED) is 0.871. The molecule has 2 nitrogen and oxygen atoms in total. The highest BCUT2D eigenvalue weighted by atomic mass is 32.2. The van der Waals surface area contributed by atoms with E-state index in [4.69, 9.17) is 0 Å². The fourth-order valence-electron chi connectivity index (χ4n) is 2.73. The molecule has 3 atom stereocenters. The number of nitrogens with one attached hydrogen (secondary N) is 1. The maximum atomic E-state index is 13.7. The largest absolute Gasteiger partial charge is 0.387 e. The maximum absolute atomic E-state index is 13.7. The molecule has 2 N–H and O–H groups in total. The topological polar surface area (TPSA) is 32.3 Å². The number of rotatable bonds is 4. The molecule has 1 aromatic heterocycles. The van der Waals surface area contributed by atoms with Gasteiger partial charge in [-0.3, -0.25) is 0 Å². The van der Waals surface area contributed by atoms with E-state index in [-0.39, 0.29) is 18.2 Å². The van der Waals surface area contributed by atoms with Gasteiger partial charge in [0.1, 0.15) is 11.6 Å². The monoisotopic (exact) mass is 341 g/mol. The molecule has 22 heavy (non-hydrogen) atoms. The zero-order valence-electron chi connectivity index (χ0n) is 12.1. The summed E-state index contributed by atoms with van der Waals surface area (Å²) in [5.41, 5.74) is 0.952. The van der Waals surface area contributed by atoms with Crippen molar-refractivity contribution in [1.29, 1.82) is 0 Å². The molecule has 2 aromatic rings. The zero-order valence-corrected chi connectivity index (χ0v) is 13.7. The first-order valence-electron chi connectivity index (χ1n) is 7.15. The Hall–Kier alpha value is -0.950. The molecule has 1 aliphatic heterocycles. The minimum atomic E-state index is -1.20. The Kier molecular flexibility index (Phi) is 4.82. The van der Waals surface area contributed by atoms with Gasteiger partial charge in [-0.25, -0.2) is 8.78 Å². The Morgan fingerprint density at radius 2 is 2.05 bits per heavy atom. The highest BCUT2D eigenvalue weighted by Gasteiger charge is 2.27. The SMILES string of the molecule is C[C@H]1CC(NCC(O)c2c(F)cccc2F)c2ccsc2S1. The number of benzene rings is 1. The first-order chi connectivity index (χ1) is 10.6. The summed E-state index contributed by atoms with van der Waals surface area (Å²) in [5, 5.41) is 15.9. The minimum absolute atomic E-state index is 0.113. The van der Waals surface area contributed by atoms with Crippen molar-refractivity contribution in [3.05, 3.63) is 52.4 Å². The average molecular weight is 341 g/mol. The van der Waals surface area contributed by atoms with Crippen molar-refractivity contribution in [2.75, 3.05) is 6.54 Å². The van der Waals surface area contributed by atoms with Crippen molar-refractivity contribution < 1.29 is 13.9 Å². The van der Waals surface area contributed by atoms with Gasteiger partial charge in [0, 0.05) is 17.8 Å². The third-order valence-electron chi connectivity index (χ3n) is 3.80. The average Bonchev–Trinajstić information content (AvgIpc) is 2.92. The number of fused-ring (bicyclic) bond motifs is 1. The minimum Gasteiger partial charge on any atom is -0.387 e. The van der Waals surface area contributed by atoms with Gasteiger partial charge in [0.2, 0.25) is 0 Å². The van der Waals surface area contributed by atoms with E-state index in [1.165, 1.54) is 15.8 Å². The third kappa shape index (κ3) is 3.20. The summed E-state index contributed by atoms with van der Waals surface area (Å²) in [6, 6.07) is 5.82. The van der Waals surface area contributed by atoms with E-state index in [2.05, 4.69) is 23.7 Å². The number of halogens is 2. The Balaban J connectivity index is 1.71. The molecule has 0 fully saturated rings. The van der Waals surface area contributed by atoms with Crippen molar-refractivity contribution in [3.8, 4) is 0 Å². The van der Waals surface area contributed by atoms with Crippen LogP contribution in [0.25, 0.3) is 0 Å². The van der Waals surface area contributed by atoms with E-state index < -0.39 is 17.7 Å². The van der Waals surface area contributed by atoms with Crippen LogP contribution in [-0.4, -0.2) is 16.9 Å². The lowest BCUT2D eigenvalue weighted by Gasteiger charge is -2.28. The van der Waals surface area contributed by atoms with Crippen LogP contribution >= 0.6 is 23.1 Å². The second-order valence-corrected chi connectivity index (χ2v) is 8.06. The zero-order chi connectivity index (χ0) is 15.7. The molecule has 3 rings (SSSR count). The van der Waals surface area contributed by atoms with Crippen molar-refractivity contribution >= 4 is 23.1 Å². The van der Waals surface area contributed by atoms with Gasteiger partial charge in [-0.05, 0) is 35.6 Å². The Labute approximate surface area is 136 Å². The molecule has 1 aliphatic rings. The lowest BCUT2D eigenvalue weighted by atomic mass is 10.0. The van der Waals surface area contributed by atoms with Crippen LogP contribution in [0.5, 0.6) is 0 Å². The number of aliphatic hydroxyl groups excluding tert-OH is 1. The van der Waals surface area contributed by atoms with Crippen LogP contribution in [0.15, 0.2) is 33.9 Å². The summed E-state index contributed by atoms with van der Waals surface area (Å²) in [6.45, 7) is 2.28. The number of aliphatic hydroxyl groups is 1. The van der Waals surface area contributed by atoms with Crippen molar-refractivity contribution in [3.63, 3.8) is 0 Å². The number of hydrogen-bond acceptors (Lipinski definition) is 4. The summed E-state index contributed by atoms with van der Waals surface area (Å²) >= 11 is 3.56. The highest BCUT2D eigenvalue weighted by molar-refractivity contribution is 8.01. The molecule has 0 saturated carbocycles. The third-order valence-corrected chi connectivity index (χ3v) is 6.14. The van der Waals surface area contributed by atoms with Crippen LogP contribution in [0.1, 0.15) is 36.6 Å². The molecule has 0 saturated heterocycles. The molecule has 1 aromatic carbocycles. The Bertz CT molecular complexity index is 641. The highest BCUT2D eigenvalue weighted by Crippen LogP contribution is 2.43. The second-order valence-electron chi connectivity index (χ2n) is 5.44. The fourth-order valence-corrected chi connectivity index (χ4v) is 5.29. The fraction of sp³-hybridized carbons (Fsp3) is 0.375. The van der Waals surface area contributed by atoms with E-state index in [1.54, 1.807) is 11.3 Å². The van der Waals surface area contributed by atoms with Crippen LogP contribution in [0.4, 0.5) is 8.78 Å². The Morgan fingerprint density at radius 3 is 2.77 bits per heavy atom. The number of thioether (sulfide) groups is 1. The lowest BCUT2D eigenvalue weighted by molar-refractivity contribution is 0.159. The molecule has 0 bridgehead atoms. The van der Waals surface area contributed by atoms with Crippen molar-refractivity contribution in [1.82, 2.24) is 5.32 Å². The molecule has 0 aliphatic carbocycles. The smallest absolute Gasteiger partial charge is 0.131 e. The van der Waals surface area contributed by atoms with E-state index in [9.17, 15) is 13.9 Å². The van der Waals surface area contributed by atoms with Crippen molar-refractivity contribution in [2.45, 2.75) is 34.9 Å². The summed E-state index contributed by atoms with van der Waals surface area (Å²) in [4.78, 5) is 0. The molecule has 2 unspecified atom stereocenters. The van der Waals surface area contributed by atoms with Gasteiger partial charge < -0.3 is 10.4 Å². The van der Waals surface area contributed by atoms with Crippen LogP contribution in [0.3, 0.4) is 0 Å². The van der Waals surface area contributed by atoms with Crippen LogP contribution in [-0.2, 0) is 0 Å². The van der Waals surface area contributed by atoms with Gasteiger partial charge in [-0.1, -0.05) is 13.0 Å². The van der Waals surface area contributed by atoms with Crippen molar-refractivity contribution in [2.24, 2.45) is 0 Å². The molecule has 2 heterocycles. The standard InChI is InChI=1S/C16H17F2NOS2/c1-9-7-13(10-5-6-21-16(10)22-9)19-8-14(20)15-11(17)3-2-4-12(15)18/h2-6,9,13-14,19-20H,7-8H2,1H3/t9-,13?,14?/m0/s1. The predicted octanol–water partition coefficient (Wildman–Crippen LogP) is 4.27. The first kappa shape index (κ1) is 15.9. The van der Waals surface area contributed by atoms with Gasteiger partial charge in [0.05, 0.1) is 15.9 Å². The molecule has 6 heteroatoms. The number of thiophene rings is 1. The van der Waals surface area contributed by atoms with Gasteiger partial charge >= 0.3 is 0 Å². The van der Waals surface area contributed by atoms with Gasteiger partial charge in [0.15, 0.2) is 0 Å². The maximum Gasteiger partial charge on any atom is 0.131 e. The summed E-state index contributed by atoms with van der Waals surface area (Å²) < 4.78 is 28.7. The van der Waals surface area contributed by atoms with E-state index in [0.717, 1.165) is 18.6 Å². The molecular formula is C16H17F2NOS2. The van der Waals surface area contributed by atoms with E-state index >= 15 is 0 Å². The summed E-state index contributed by atoms with van der Waals surface area (Å²) in [5.74, 6) is -1.42. The molecule has 0 radical (unpaired) electrons. The van der Waals surface area contributed by atoms with Gasteiger partial charge in [-0.2, -0.15) is 0 Å². The van der Waals surface area contributed by atoms with Crippen LogP contribution in [0, 0.1) is 11.6 Å². The normalized spacial score (nSPS) is 22.4.